The molecule has 1 aliphatic rings. The molecule has 200 valence electrons. The number of rotatable bonds is 8. The molecule has 1 saturated carbocycles. The lowest BCUT2D eigenvalue weighted by atomic mass is 9.80. The van der Waals surface area contributed by atoms with Gasteiger partial charge in [-0.3, -0.25) is 0 Å². The van der Waals surface area contributed by atoms with E-state index in [4.69, 9.17) is 9.47 Å². The van der Waals surface area contributed by atoms with Crippen molar-refractivity contribution in [2.45, 2.75) is 12.3 Å². The van der Waals surface area contributed by atoms with Gasteiger partial charge in [-0.05, 0) is 27.8 Å². The van der Waals surface area contributed by atoms with Crippen molar-refractivity contribution in [2.75, 3.05) is 14.2 Å². The SMILES string of the molecule is COC(=O)C(=C[C@@]1(C)[C@H](C=C(c2ccccc2)c2ccccc2)C1(c1ccccc1)c1ccccc1)C(=O)OC. The van der Waals surface area contributed by atoms with Crippen molar-refractivity contribution in [3.8, 4) is 0 Å². The van der Waals surface area contributed by atoms with Crippen LogP contribution in [0.1, 0.15) is 29.2 Å². The van der Waals surface area contributed by atoms with Crippen LogP contribution in [0.25, 0.3) is 5.57 Å². The Bertz CT molecular complexity index is 1440. The van der Waals surface area contributed by atoms with Gasteiger partial charge in [0.2, 0.25) is 0 Å². The van der Waals surface area contributed by atoms with Crippen LogP contribution >= 0.6 is 0 Å². The van der Waals surface area contributed by atoms with Crippen LogP contribution in [-0.4, -0.2) is 26.2 Å². The van der Waals surface area contributed by atoms with Crippen molar-refractivity contribution >= 4 is 17.5 Å². The summed E-state index contributed by atoms with van der Waals surface area (Å²) in [7, 11) is 2.55. The maximum Gasteiger partial charge on any atom is 0.344 e. The van der Waals surface area contributed by atoms with E-state index < -0.39 is 22.8 Å². The summed E-state index contributed by atoms with van der Waals surface area (Å²) in [4.78, 5) is 25.7. The Kier molecular flexibility index (Phi) is 7.52. The fourth-order valence-electron chi connectivity index (χ4n) is 6.21. The Hall–Kier alpha value is -4.70. The van der Waals surface area contributed by atoms with E-state index in [0.29, 0.717) is 0 Å². The second-order valence-electron chi connectivity index (χ2n) is 10.2. The van der Waals surface area contributed by atoms with Gasteiger partial charge in [0.25, 0.3) is 0 Å². The van der Waals surface area contributed by atoms with Crippen LogP contribution in [0.5, 0.6) is 0 Å². The number of hydrogen-bond acceptors (Lipinski definition) is 4. The maximum atomic E-state index is 12.9. The van der Waals surface area contributed by atoms with Crippen LogP contribution < -0.4 is 0 Å². The minimum absolute atomic E-state index is 0.111. The molecule has 2 atom stereocenters. The molecule has 0 spiro atoms. The summed E-state index contributed by atoms with van der Waals surface area (Å²) < 4.78 is 10.0. The van der Waals surface area contributed by atoms with Crippen LogP contribution in [0.3, 0.4) is 0 Å². The van der Waals surface area contributed by atoms with Crippen molar-refractivity contribution in [1.82, 2.24) is 0 Å². The predicted octanol–water partition coefficient (Wildman–Crippen LogP) is 7.01. The fraction of sp³-hybridized carbons (Fsp3) is 0.167. The van der Waals surface area contributed by atoms with Crippen molar-refractivity contribution in [3.63, 3.8) is 0 Å². The average molecular weight is 529 g/mol. The van der Waals surface area contributed by atoms with Gasteiger partial charge in [0, 0.05) is 16.7 Å². The molecule has 0 heterocycles. The Balaban J connectivity index is 1.83. The summed E-state index contributed by atoms with van der Waals surface area (Å²) in [5.74, 6) is -1.56. The zero-order valence-electron chi connectivity index (χ0n) is 22.9. The second kappa shape index (κ2) is 11.2. The standard InChI is InChI=1S/C36H32O4/c1-35(25-31(33(37)39-2)34(38)40-3)32(24-30(26-16-8-4-9-17-26)27-18-10-5-11-19-27)36(35,28-20-12-6-13-21-28)29-22-14-7-15-23-29/h4-25,32H,1-3H3/t32-,35-/m0/s1. The van der Waals surface area contributed by atoms with Crippen molar-refractivity contribution in [1.29, 1.82) is 0 Å². The number of methoxy groups -OCH3 is 2. The number of allylic oxidation sites excluding steroid dienone is 2. The van der Waals surface area contributed by atoms with E-state index in [9.17, 15) is 9.59 Å². The monoisotopic (exact) mass is 528 g/mol. The zero-order chi connectivity index (χ0) is 28.2. The highest BCUT2D eigenvalue weighted by Crippen LogP contribution is 2.74. The number of carbonyl (C=O) groups excluding carboxylic acids is 2. The first-order valence-corrected chi connectivity index (χ1v) is 13.3. The highest BCUT2D eigenvalue weighted by atomic mass is 16.5. The molecular formula is C36H32O4. The number of benzene rings is 4. The quantitative estimate of drug-likeness (QED) is 0.107. The van der Waals surface area contributed by atoms with Gasteiger partial charge >= 0.3 is 11.9 Å². The summed E-state index contributed by atoms with van der Waals surface area (Å²) in [6, 6.07) is 41.2. The molecule has 4 aromatic rings. The molecule has 40 heavy (non-hydrogen) atoms. The van der Waals surface area contributed by atoms with E-state index in [0.717, 1.165) is 27.8 Å². The van der Waals surface area contributed by atoms with Gasteiger partial charge < -0.3 is 9.47 Å². The molecule has 0 bridgehead atoms. The van der Waals surface area contributed by atoms with Gasteiger partial charge in [0.1, 0.15) is 5.57 Å². The molecule has 5 rings (SSSR count). The molecule has 4 nitrogen and oxygen atoms in total. The lowest BCUT2D eigenvalue weighted by Gasteiger charge is -2.23. The van der Waals surface area contributed by atoms with E-state index in [1.807, 2.05) is 72.8 Å². The summed E-state index contributed by atoms with van der Waals surface area (Å²) in [6.45, 7) is 2.10. The molecule has 0 aliphatic heterocycles. The van der Waals surface area contributed by atoms with Gasteiger partial charge in [0.15, 0.2) is 0 Å². The summed E-state index contributed by atoms with van der Waals surface area (Å²) >= 11 is 0. The topological polar surface area (TPSA) is 52.6 Å². The Morgan fingerprint density at radius 3 is 1.38 bits per heavy atom. The molecule has 0 unspecified atom stereocenters. The summed E-state index contributed by atoms with van der Waals surface area (Å²) in [5, 5.41) is 0. The normalized spacial score (nSPS) is 18.6. The second-order valence-corrected chi connectivity index (χ2v) is 10.2. The third kappa shape index (κ3) is 4.56. The molecule has 4 aromatic carbocycles. The van der Waals surface area contributed by atoms with Gasteiger partial charge in [-0.15, -0.1) is 0 Å². The number of carbonyl (C=O) groups is 2. The lowest BCUT2D eigenvalue weighted by molar-refractivity contribution is -0.144. The van der Waals surface area contributed by atoms with E-state index in [1.165, 1.54) is 14.2 Å². The largest absolute Gasteiger partial charge is 0.465 e. The molecule has 0 N–H and O–H groups in total. The molecule has 0 saturated heterocycles. The van der Waals surface area contributed by atoms with Gasteiger partial charge in [-0.25, -0.2) is 9.59 Å². The van der Waals surface area contributed by atoms with E-state index in [1.54, 1.807) is 6.08 Å². The maximum absolute atomic E-state index is 12.9. The lowest BCUT2D eigenvalue weighted by Crippen LogP contribution is -2.21. The zero-order valence-corrected chi connectivity index (χ0v) is 22.9. The third-order valence-corrected chi connectivity index (χ3v) is 8.09. The van der Waals surface area contributed by atoms with Crippen LogP contribution in [0.2, 0.25) is 0 Å². The Morgan fingerprint density at radius 1 is 0.625 bits per heavy atom. The fourth-order valence-corrected chi connectivity index (χ4v) is 6.21. The third-order valence-electron chi connectivity index (χ3n) is 8.09. The molecule has 0 amide bonds. The molecular weight excluding hydrogens is 496 g/mol. The average Bonchev–Trinajstić information content (AvgIpc) is 3.56. The Labute approximate surface area is 235 Å². The first kappa shape index (κ1) is 26.9. The van der Waals surface area contributed by atoms with Crippen LogP contribution in [0.15, 0.2) is 139 Å². The molecule has 0 aromatic heterocycles. The van der Waals surface area contributed by atoms with Crippen molar-refractivity contribution in [2.24, 2.45) is 11.3 Å². The summed E-state index contributed by atoms with van der Waals surface area (Å²) in [6.07, 6.45) is 4.06. The van der Waals surface area contributed by atoms with Crippen LogP contribution in [0.4, 0.5) is 0 Å². The highest BCUT2D eigenvalue weighted by molar-refractivity contribution is 6.14. The van der Waals surface area contributed by atoms with E-state index in [2.05, 4.69) is 61.5 Å². The first-order valence-electron chi connectivity index (χ1n) is 13.3. The number of esters is 2. The van der Waals surface area contributed by atoms with Crippen LogP contribution in [0, 0.1) is 11.3 Å². The molecule has 1 aliphatic carbocycles. The number of hydrogen-bond donors (Lipinski definition) is 0. The van der Waals surface area contributed by atoms with Gasteiger partial charge in [0.05, 0.1) is 14.2 Å². The molecule has 1 fully saturated rings. The molecule has 4 heteroatoms. The van der Waals surface area contributed by atoms with Gasteiger partial charge in [-0.1, -0.05) is 140 Å². The van der Waals surface area contributed by atoms with Gasteiger partial charge in [-0.2, -0.15) is 0 Å². The van der Waals surface area contributed by atoms with Crippen molar-refractivity contribution < 1.29 is 19.1 Å². The summed E-state index contributed by atoms with van der Waals surface area (Å²) in [5.41, 5.74) is 4.08. The van der Waals surface area contributed by atoms with E-state index >= 15 is 0 Å². The first-order chi connectivity index (χ1) is 19.5. The highest BCUT2D eigenvalue weighted by Gasteiger charge is 2.73. The minimum atomic E-state index is -0.718. The molecule has 0 radical (unpaired) electrons. The van der Waals surface area contributed by atoms with Crippen molar-refractivity contribution in [3.05, 3.63) is 161 Å². The van der Waals surface area contributed by atoms with Crippen LogP contribution in [-0.2, 0) is 24.5 Å². The van der Waals surface area contributed by atoms with E-state index in [-0.39, 0.29) is 11.5 Å². The smallest absolute Gasteiger partial charge is 0.344 e. The minimum Gasteiger partial charge on any atom is -0.465 e. The number of ether oxygens (including phenoxy) is 2. The Morgan fingerprint density at radius 2 is 1.00 bits per heavy atom. The predicted molar refractivity (Wildman–Crippen MR) is 157 cm³/mol.